The van der Waals surface area contributed by atoms with Gasteiger partial charge in [-0.25, -0.2) is 0 Å². The van der Waals surface area contributed by atoms with Crippen molar-refractivity contribution >= 4 is 32.3 Å². The molecular weight excluding hydrogens is 568 g/mol. The average molecular weight is 605 g/mol. The van der Waals surface area contributed by atoms with Crippen LogP contribution in [0.1, 0.15) is 22.8 Å². The van der Waals surface area contributed by atoms with Crippen LogP contribution in [0.25, 0.3) is 32.3 Å². The zero-order valence-electron chi connectivity index (χ0n) is 25.3. The van der Waals surface area contributed by atoms with Crippen LogP contribution in [0.5, 0.6) is 11.5 Å². The molecule has 2 N–H and O–H groups in total. The topological polar surface area (TPSA) is 86.6 Å². The predicted molar refractivity (Wildman–Crippen MR) is 174 cm³/mol. The molecule has 0 saturated carbocycles. The first-order valence-electron chi connectivity index (χ1n) is 15.1. The van der Waals surface area contributed by atoms with Crippen LogP contribution in [0.4, 0.5) is 0 Å². The van der Waals surface area contributed by atoms with Gasteiger partial charge in [-0.15, -0.1) is 0 Å². The smallest absolute Gasteiger partial charge is 0.197 e. The van der Waals surface area contributed by atoms with Gasteiger partial charge in [-0.3, -0.25) is 0 Å². The first-order chi connectivity index (χ1) is 22.0. The van der Waals surface area contributed by atoms with Crippen molar-refractivity contribution in [3.05, 3.63) is 120 Å². The normalized spacial score (nSPS) is 20.7. The highest BCUT2D eigenvalue weighted by Gasteiger charge is 2.53. The van der Waals surface area contributed by atoms with Gasteiger partial charge in [0.1, 0.15) is 24.2 Å². The molecule has 1 unspecified atom stereocenters. The molecule has 230 valence electrons. The van der Waals surface area contributed by atoms with Gasteiger partial charge in [0.05, 0.1) is 46.1 Å². The lowest BCUT2D eigenvalue weighted by Gasteiger charge is -2.32. The number of methoxy groups -OCH3 is 2. The number of hydrogen-bond acceptors (Lipinski definition) is 7. The molecule has 0 amide bonds. The van der Waals surface area contributed by atoms with Crippen LogP contribution in [0.2, 0.25) is 0 Å². The first kappa shape index (κ1) is 29.5. The van der Waals surface area contributed by atoms with Gasteiger partial charge in [-0.1, -0.05) is 78.9 Å². The second-order valence-electron chi connectivity index (χ2n) is 11.7. The fourth-order valence-electron chi connectivity index (χ4n) is 6.53. The Morgan fingerprint density at radius 2 is 1.31 bits per heavy atom. The van der Waals surface area contributed by atoms with E-state index in [4.69, 9.17) is 23.7 Å². The van der Waals surface area contributed by atoms with E-state index in [1.807, 2.05) is 60.7 Å². The summed E-state index contributed by atoms with van der Waals surface area (Å²) < 4.78 is 29.1. The van der Waals surface area contributed by atoms with E-state index >= 15 is 0 Å². The van der Waals surface area contributed by atoms with E-state index in [1.165, 1.54) is 5.39 Å². The van der Waals surface area contributed by atoms with Crippen LogP contribution in [0, 0.1) is 5.92 Å². The molecule has 1 saturated heterocycles. The zero-order valence-corrected chi connectivity index (χ0v) is 25.3. The van der Waals surface area contributed by atoms with Crippen LogP contribution >= 0.6 is 0 Å². The molecular formula is C38H36O7. The van der Waals surface area contributed by atoms with Gasteiger partial charge >= 0.3 is 0 Å². The fraction of sp³-hybridized carbons (Fsp3) is 0.263. The fourth-order valence-corrected chi connectivity index (χ4v) is 6.53. The number of aliphatic hydroxyl groups is 2. The van der Waals surface area contributed by atoms with E-state index in [1.54, 1.807) is 14.2 Å². The third-order valence-corrected chi connectivity index (χ3v) is 9.02. The highest BCUT2D eigenvalue weighted by molar-refractivity contribution is 6.23. The summed E-state index contributed by atoms with van der Waals surface area (Å²) in [5, 5.41) is 30.6. The molecule has 0 bridgehead atoms. The van der Waals surface area contributed by atoms with E-state index in [-0.39, 0.29) is 19.8 Å². The summed E-state index contributed by atoms with van der Waals surface area (Å²) in [5.41, 5.74) is 2.57. The van der Waals surface area contributed by atoms with Crippen LogP contribution in [0.15, 0.2) is 103 Å². The third-order valence-electron chi connectivity index (χ3n) is 9.02. The summed E-state index contributed by atoms with van der Waals surface area (Å²) in [6, 6.07) is 33.8. The Hall–Kier alpha value is -4.24. The maximum atomic E-state index is 12.0. The number of ether oxygens (including phenoxy) is 5. The lowest BCUT2D eigenvalue weighted by molar-refractivity contribution is -0.238. The average Bonchev–Trinajstić information content (AvgIpc) is 3.42. The van der Waals surface area contributed by atoms with Gasteiger partial charge in [0.15, 0.2) is 5.79 Å². The maximum Gasteiger partial charge on any atom is 0.197 e. The minimum atomic E-state index is -1.69. The molecule has 6 aromatic rings. The molecule has 4 atom stereocenters. The van der Waals surface area contributed by atoms with Crippen molar-refractivity contribution in [2.24, 2.45) is 5.92 Å². The summed E-state index contributed by atoms with van der Waals surface area (Å²) in [6.45, 7) is 0.475. The largest absolute Gasteiger partial charge is 0.497 e. The predicted octanol–water partition coefficient (Wildman–Crippen LogP) is 6.77. The van der Waals surface area contributed by atoms with Crippen molar-refractivity contribution in [2.45, 2.75) is 31.2 Å². The van der Waals surface area contributed by atoms with Gasteiger partial charge in [0.25, 0.3) is 0 Å². The molecule has 45 heavy (non-hydrogen) atoms. The molecule has 7 rings (SSSR count). The Morgan fingerprint density at radius 1 is 0.733 bits per heavy atom. The number of rotatable bonds is 11. The molecule has 0 spiro atoms. The van der Waals surface area contributed by atoms with Crippen LogP contribution in [-0.2, 0) is 27.4 Å². The molecule has 7 nitrogen and oxygen atoms in total. The third kappa shape index (κ3) is 5.58. The molecule has 7 heteroatoms. The lowest BCUT2D eigenvalue weighted by Crippen LogP contribution is -2.45. The second kappa shape index (κ2) is 12.3. The van der Waals surface area contributed by atoms with E-state index in [2.05, 4.69) is 42.5 Å². The summed E-state index contributed by atoms with van der Waals surface area (Å²) in [6.07, 6.45) is -1.82. The van der Waals surface area contributed by atoms with Crippen molar-refractivity contribution in [1.82, 2.24) is 0 Å². The van der Waals surface area contributed by atoms with Crippen molar-refractivity contribution in [2.75, 3.05) is 27.4 Å². The first-order valence-corrected chi connectivity index (χ1v) is 15.1. The van der Waals surface area contributed by atoms with Crippen molar-refractivity contribution in [3.63, 3.8) is 0 Å². The Kier molecular flexibility index (Phi) is 8.04. The minimum absolute atomic E-state index is 0.104. The molecule has 1 aliphatic heterocycles. The minimum Gasteiger partial charge on any atom is -0.497 e. The van der Waals surface area contributed by atoms with Crippen LogP contribution in [-0.4, -0.2) is 49.5 Å². The molecule has 1 heterocycles. The van der Waals surface area contributed by atoms with Gasteiger partial charge in [0.2, 0.25) is 0 Å². The van der Waals surface area contributed by atoms with Crippen molar-refractivity contribution in [1.29, 1.82) is 0 Å². The quantitative estimate of drug-likeness (QED) is 0.125. The Bertz CT molecular complexity index is 1890. The van der Waals surface area contributed by atoms with Gasteiger partial charge in [-0.2, -0.15) is 0 Å². The highest BCUT2D eigenvalue weighted by atomic mass is 16.7. The summed E-state index contributed by atoms with van der Waals surface area (Å²) in [5.74, 6) is -0.860. The van der Waals surface area contributed by atoms with E-state index in [0.717, 1.165) is 55.1 Å². The maximum absolute atomic E-state index is 12.0. The molecule has 0 aliphatic carbocycles. The van der Waals surface area contributed by atoms with E-state index in [0.29, 0.717) is 6.61 Å². The summed E-state index contributed by atoms with van der Waals surface area (Å²) in [4.78, 5) is 0. The van der Waals surface area contributed by atoms with E-state index < -0.39 is 23.9 Å². The molecule has 0 radical (unpaired) electrons. The Balaban J connectivity index is 1.18. The van der Waals surface area contributed by atoms with Crippen molar-refractivity contribution in [3.8, 4) is 11.5 Å². The molecule has 0 aromatic heterocycles. The summed E-state index contributed by atoms with van der Waals surface area (Å²) in [7, 11) is 3.25. The van der Waals surface area contributed by atoms with Crippen LogP contribution < -0.4 is 9.47 Å². The van der Waals surface area contributed by atoms with Gasteiger partial charge < -0.3 is 33.9 Å². The van der Waals surface area contributed by atoms with Gasteiger partial charge in [-0.05, 0) is 73.3 Å². The van der Waals surface area contributed by atoms with Crippen molar-refractivity contribution < 1.29 is 33.9 Å². The van der Waals surface area contributed by atoms with Crippen LogP contribution in [0.3, 0.4) is 0 Å². The second-order valence-corrected chi connectivity index (χ2v) is 11.7. The standard InChI is InChI=1S/C38H36O7/c1-41-29-14-6-24(7-15-29)20-43-22-33-37(44-23-38(33,40)45-21-25-8-16-30(42-2)17-9-25)36(39)32-19-13-28-11-10-26-4-3-5-27-12-18-31(32)35(28)34(26)27/h3-19,33,36-37,39-40H,20-23H2,1-2H3/t33-,36?,37-,38+/m0/s1. The number of hydrogen-bond donors (Lipinski definition) is 2. The SMILES string of the molecule is COc1ccc(COC[C@H]2[C@@H](C(O)c3ccc4ccc5cccc6ccc3c4c56)OC[C@@]2(O)OCc2ccc(OC)cc2)cc1. The van der Waals surface area contributed by atoms with Gasteiger partial charge in [0, 0.05) is 0 Å². The molecule has 1 fully saturated rings. The zero-order chi connectivity index (χ0) is 31.0. The van der Waals surface area contributed by atoms with E-state index in [9.17, 15) is 10.2 Å². The number of benzene rings is 6. The lowest BCUT2D eigenvalue weighted by atomic mass is 9.86. The highest BCUT2D eigenvalue weighted by Crippen LogP contribution is 2.43. The molecule has 1 aliphatic rings. The molecule has 6 aromatic carbocycles. The number of aliphatic hydroxyl groups excluding tert-OH is 1. The Morgan fingerprint density at radius 3 is 1.96 bits per heavy atom. The Labute approximate surface area is 261 Å². The summed E-state index contributed by atoms with van der Waals surface area (Å²) >= 11 is 0. The monoisotopic (exact) mass is 604 g/mol.